The molecule has 1 fully saturated rings. The van der Waals surface area contributed by atoms with Crippen LogP contribution in [0.2, 0.25) is 0 Å². The summed E-state index contributed by atoms with van der Waals surface area (Å²) in [6.07, 6.45) is 1.58. The van der Waals surface area contributed by atoms with E-state index in [1.807, 2.05) is 31.2 Å². The summed E-state index contributed by atoms with van der Waals surface area (Å²) in [6.45, 7) is 4.22. The predicted molar refractivity (Wildman–Crippen MR) is 96.0 cm³/mol. The van der Waals surface area contributed by atoms with Crippen molar-refractivity contribution in [3.8, 4) is 0 Å². The predicted octanol–water partition coefficient (Wildman–Crippen LogP) is 1.81. The fraction of sp³-hybridized carbons (Fsp3) is 0.316. The van der Waals surface area contributed by atoms with Crippen LogP contribution in [0.5, 0.6) is 0 Å². The maximum Gasteiger partial charge on any atom is 0.274 e. The molecule has 0 bridgehead atoms. The molecular formula is C19H22N4O2. The Balaban J connectivity index is 1.56. The van der Waals surface area contributed by atoms with Gasteiger partial charge in [-0.25, -0.2) is 0 Å². The number of hydrogen-bond donors (Lipinski definition) is 3. The van der Waals surface area contributed by atoms with Gasteiger partial charge in [0.2, 0.25) is 5.91 Å². The second-order valence-corrected chi connectivity index (χ2v) is 6.29. The van der Waals surface area contributed by atoms with E-state index in [0.717, 1.165) is 18.7 Å². The van der Waals surface area contributed by atoms with E-state index in [1.54, 1.807) is 24.4 Å². The second kappa shape index (κ2) is 7.90. The zero-order chi connectivity index (χ0) is 17.6. The lowest BCUT2D eigenvalue weighted by Crippen LogP contribution is -2.49. The highest BCUT2D eigenvalue weighted by Gasteiger charge is 2.28. The van der Waals surface area contributed by atoms with Gasteiger partial charge in [0.25, 0.3) is 5.91 Å². The van der Waals surface area contributed by atoms with Crippen LogP contribution < -0.4 is 16.0 Å². The van der Waals surface area contributed by atoms with E-state index in [2.05, 4.69) is 20.9 Å². The van der Waals surface area contributed by atoms with Crippen molar-refractivity contribution in [2.24, 2.45) is 11.8 Å². The lowest BCUT2D eigenvalue weighted by atomic mass is 9.88. The van der Waals surface area contributed by atoms with E-state index >= 15 is 0 Å². The largest absolute Gasteiger partial charge is 0.352 e. The van der Waals surface area contributed by atoms with Gasteiger partial charge in [-0.2, -0.15) is 0 Å². The number of amides is 2. The zero-order valence-corrected chi connectivity index (χ0v) is 14.2. The highest BCUT2D eigenvalue weighted by atomic mass is 16.2. The summed E-state index contributed by atoms with van der Waals surface area (Å²) in [6, 6.07) is 12.6. The highest BCUT2D eigenvalue weighted by Crippen LogP contribution is 2.16. The quantitative estimate of drug-likeness (QED) is 0.750. The van der Waals surface area contributed by atoms with E-state index in [9.17, 15) is 9.59 Å². The summed E-state index contributed by atoms with van der Waals surface area (Å²) in [4.78, 5) is 28.4. The van der Waals surface area contributed by atoms with Crippen molar-refractivity contribution in [3.63, 3.8) is 0 Å². The Morgan fingerprint density at radius 2 is 2.08 bits per heavy atom. The van der Waals surface area contributed by atoms with Crippen molar-refractivity contribution >= 4 is 17.5 Å². The number of pyridine rings is 1. The molecule has 1 aliphatic heterocycles. The van der Waals surface area contributed by atoms with Crippen LogP contribution in [0.3, 0.4) is 0 Å². The Kier molecular flexibility index (Phi) is 5.40. The molecule has 3 rings (SSSR count). The fourth-order valence-corrected chi connectivity index (χ4v) is 2.68. The molecule has 2 heterocycles. The zero-order valence-electron chi connectivity index (χ0n) is 14.2. The van der Waals surface area contributed by atoms with Gasteiger partial charge >= 0.3 is 0 Å². The molecular weight excluding hydrogens is 316 g/mol. The fourth-order valence-electron chi connectivity index (χ4n) is 2.68. The van der Waals surface area contributed by atoms with E-state index < -0.39 is 0 Å². The van der Waals surface area contributed by atoms with Crippen LogP contribution in [0, 0.1) is 11.8 Å². The van der Waals surface area contributed by atoms with Crippen molar-refractivity contribution in [1.29, 1.82) is 0 Å². The maximum atomic E-state index is 12.2. The molecule has 6 nitrogen and oxygen atoms in total. The van der Waals surface area contributed by atoms with E-state index in [1.165, 1.54) is 0 Å². The van der Waals surface area contributed by atoms with Crippen molar-refractivity contribution in [3.05, 3.63) is 59.9 Å². The van der Waals surface area contributed by atoms with Gasteiger partial charge in [-0.05, 0) is 48.8 Å². The lowest BCUT2D eigenvalue weighted by Gasteiger charge is -2.31. The first-order valence-corrected chi connectivity index (χ1v) is 8.43. The SMILES string of the molecule is CC(C(=O)NCc1cccc(NC(=O)c2ccccn2)c1)C1CNC1. The Labute approximate surface area is 147 Å². The third-order valence-corrected chi connectivity index (χ3v) is 4.48. The minimum Gasteiger partial charge on any atom is -0.352 e. The molecule has 2 aromatic rings. The number of nitrogens with one attached hydrogen (secondary N) is 3. The number of benzene rings is 1. The van der Waals surface area contributed by atoms with Crippen LogP contribution in [0.15, 0.2) is 48.7 Å². The monoisotopic (exact) mass is 338 g/mol. The number of rotatable bonds is 6. The van der Waals surface area contributed by atoms with Gasteiger partial charge < -0.3 is 16.0 Å². The van der Waals surface area contributed by atoms with Gasteiger partial charge in [-0.1, -0.05) is 25.1 Å². The Morgan fingerprint density at radius 1 is 1.24 bits per heavy atom. The number of aromatic nitrogens is 1. The van der Waals surface area contributed by atoms with Gasteiger partial charge in [-0.15, -0.1) is 0 Å². The molecule has 3 N–H and O–H groups in total. The molecule has 2 amide bonds. The van der Waals surface area contributed by atoms with Crippen LogP contribution in [0.4, 0.5) is 5.69 Å². The summed E-state index contributed by atoms with van der Waals surface area (Å²) >= 11 is 0. The standard InChI is InChI=1S/C19H22N4O2/c1-13(15-11-20-12-15)18(24)22-10-14-5-4-6-16(9-14)23-19(25)17-7-2-3-8-21-17/h2-9,13,15,20H,10-12H2,1H3,(H,22,24)(H,23,25). The first-order valence-electron chi connectivity index (χ1n) is 8.43. The molecule has 0 spiro atoms. The third-order valence-electron chi connectivity index (χ3n) is 4.48. The molecule has 1 aromatic carbocycles. The summed E-state index contributed by atoms with van der Waals surface area (Å²) < 4.78 is 0. The van der Waals surface area contributed by atoms with Crippen LogP contribution in [0.1, 0.15) is 23.0 Å². The molecule has 0 saturated carbocycles. The van der Waals surface area contributed by atoms with Crippen molar-refractivity contribution in [2.75, 3.05) is 18.4 Å². The third kappa shape index (κ3) is 4.42. The first kappa shape index (κ1) is 17.1. The van der Waals surface area contributed by atoms with E-state index in [0.29, 0.717) is 23.8 Å². The topological polar surface area (TPSA) is 83.1 Å². The van der Waals surface area contributed by atoms with Crippen molar-refractivity contribution in [2.45, 2.75) is 13.5 Å². The van der Waals surface area contributed by atoms with Crippen LogP contribution in [0.25, 0.3) is 0 Å². The molecule has 1 unspecified atom stereocenters. The number of carbonyl (C=O) groups excluding carboxylic acids is 2. The Morgan fingerprint density at radius 3 is 2.76 bits per heavy atom. The summed E-state index contributed by atoms with van der Waals surface area (Å²) in [5.74, 6) is 0.236. The normalized spacial score (nSPS) is 15.1. The number of carbonyl (C=O) groups is 2. The van der Waals surface area contributed by atoms with Gasteiger partial charge in [0.15, 0.2) is 0 Å². The molecule has 1 aromatic heterocycles. The second-order valence-electron chi connectivity index (χ2n) is 6.29. The molecule has 130 valence electrons. The summed E-state index contributed by atoms with van der Waals surface area (Å²) in [5, 5.41) is 8.98. The molecule has 1 aliphatic rings. The molecule has 1 atom stereocenters. The van der Waals surface area contributed by atoms with E-state index in [4.69, 9.17) is 0 Å². The van der Waals surface area contributed by atoms with Gasteiger partial charge in [0, 0.05) is 24.3 Å². The summed E-state index contributed by atoms with van der Waals surface area (Å²) in [7, 11) is 0. The number of hydrogen-bond acceptors (Lipinski definition) is 4. The Hall–Kier alpha value is -2.73. The average Bonchev–Trinajstić information content (AvgIpc) is 2.59. The van der Waals surface area contributed by atoms with Gasteiger partial charge in [0.05, 0.1) is 0 Å². The Bertz CT molecular complexity index is 744. The molecule has 25 heavy (non-hydrogen) atoms. The van der Waals surface area contributed by atoms with Crippen LogP contribution in [-0.2, 0) is 11.3 Å². The average molecular weight is 338 g/mol. The van der Waals surface area contributed by atoms with Gasteiger partial charge in [0.1, 0.15) is 5.69 Å². The minimum atomic E-state index is -0.257. The highest BCUT2D eigenvalue weighted by molar-refractivity contribution is 6.02. The van der Waals surface area contributed by atoms with Crippen LogP contribution in [-0.4, -0.2) is 29.9 Å². The molecule has 0 radical (unpaired) electrons. The smallest absolute Gasteiger partial charge is 0.274 e. The molecule has 0 aliphatic carbocycles. The lowest BCUT2D eigenvalue weighted by molar-refractivity contribution is -0.126. The van der Waals surface area contributed by atoms with Crippen LogP contribution >= 0.6 is 0 Å². The van der Waals surface area contributed by atoms with Crippen molar-refractivity contribution in [1.82, 2.24) is 15.6 Å². The summed E-state index contributed by atoms with van der Waals surface area (Å²) in [5.41, 5.74) is 1.98. The number of nitrogens with zero attached hydrogens (tertiary/aromatic N) is 1. The van der Waals surface area contributed by atoms with Crippen molar-refractivity contribution < 1.29 is 9.59 Å². The minimum absolute atomic E-state index is 0.00768. The maximum absolute atomic E-state index is 12.2. The molecule has 1 saturated heterocycles. The van der Waals surface area contributed by atoms with Gasteiger partial charge in [-0.3, -0.25) is 14.6 Å². The van der Waals surface area contributed by atoms with E-state index in [-0.39, 0.29) is 17.7 Å². The number of anilines is 1. The first-order chi connectivity index (χ1) is 12.1. The molecule has 6 heteroatoms.